The summed E-state index contributed by atoms with van der Waals surface area (Å²) in [7, 11) is 0. The van der Waals surface area contributed by atoms with Gasteiger partial charge >= 0.3 is 5.97 Å². The Morgan fingerprint density at radius 1 is 1.64 bits per heavy atom. The number of hydrogen-bond acceptors (Lipinski definition) is 3. The molecule has 0 amide bonds. The Morgan fingerprint density at radius 2 is 2.36 bits per heavy atom. The molecule has 0 bridgehead atoms. The van der Waals surface area contributed by atoms with E-state index in [1.54, 1.807) is 24.3 Å². The van der Waals surface area contributed by atoms with Crippen LogP contribution >= 0.6 is 0 Å². The Hall–Kier alpha value is -1.64. The van der Waals surface area contributed by atoms with E-state index in [2.05, 4.69) is 6.58 Å². The van der Waals surface area contributed by atoms with Gasteiger partial charge in [-0.05, 0) is 12.2 Å². The molecule has 0 radical (unpaired) electrons. The highest BCUT2D eigenvalue weighted by Gasteiger charge is 2.37. The molecule has 1 atom stereocenters. The second-order valence-electron chi connectivity index (χ2n) is 3.06. The minimum Gasteiger partial charge on any atom is -0.446 e. The molecule has 0 N–H and O–H groups in total. The zero-order valence-corrected chi connectivity index (χ0v) is 8.03. The lowest BCUT2D eigenvalue weighted by atomic mass is 9.90. The van der Waals surface area contributed by atoms with Crippen LogP contribution in [0.4, 0.5) is 0 Å². The zero-order chi connectivity index (χ0) is 10.6. The molecule has 0 saturated heterocycles. The molecule has 1 aliphatic carbocycles. The summed E-state index contributed by atoms with van der Waals surface area (Å²) < 4.78 is 5.03. The normalized spacial score (nSPS) is 24.8. The summed E-state index contributed by atoms with van der Waals surface area (Å²) in [5, 5.41) is 0. The number of esters is 1. The largest absolute Gasteiger partial charge is 0.446 e. The van der Waals surface area contributed by atoms with Crippen LogP contribution in [0.15, 0.2) is 37.0 Å². The number of carbonyl (C=O) groups is 2. The van der Waals surface area contributed by atoms with Crippen molar-refractivity contribution >= 4 is 11.8 Å². The standard InChI is InChI=1S/C11H12O3/c1-3-7-11(14-9(2)12)8-5-4-6-10(11)13/h3-6,8H,1,7H2,2H3. The van der Waals surface area contributed by atoms with Crippen LogP contribution in [0.5, 0.6) is 0 Å². The van der Waals surface area contributed by atoms with Gasteiger partial charge in [-0.15, -0.1) is 6.58 Å². The van der Waals surface area contributed by atoms with Gasteiger partial charge in [0, 0.05) is 13.3 Å². The molecule has 0 saturated carbocycles. The van der Waals surface area contributed by atoms with Crippen molar-refractivity contribution in [3.05, 3.63) is 37.0 Å². The molecule has 3 heteroatoms. The Bertz CT molecular complexity index is 325. The zero-order valence-electron chi connectivity index (χ0n) is 8.03. The first kappa shape index (κ1) is 10.4. The maximum absolute atomic E-state index is 11.6. The summed E-state index contributed by atoms with van der Waals surface area (Å²) in [5.41, 5.74) is -1.16. The molecule has 0 fully saturated rings. The van der Waals surface area contributed by atoms with Crippen LogP contribution in [0, 0.1) is 0 Å². The fourth-order valence-corrected chi connectivity index (χ4v) is 1.34. The second-order valence-corrected chi connectivity index (χ2v) is 3.06. The fraction of sp³-hybridized carbons (Fsp3) is 0.273. The number of hydrogen-bond donors (Lipinski definition) is 0. The van der Waals surface area contributed by atoms with Crippen LogP contribution in [0.3, 0.4) is 0 Å². The Labute approximate surface area is 82.8 Å². The fourth-order valence-electron chi connectivity index (χ4n) is 1.34. The molecule has 1 rings (SSSR count). The van der Waals surface area contributed by atoms with E-state index < -0.39 is 11.6 Å². The van der Waals surface area contributed by atoms with Crippen LogP contribution in [0.25, 0.3) is 0 Å². The van der Waals surface area contributed by atoms with Crippen molar-refractivity contribution in [1.82, 2.24) is 0 Å². The summed E-state index contributed by atoms with van der Waals surface area (Å²) in [6.07, 6.45) is 8.14. The van der Waals surface area contributed by atoms with Gasteiger partial charge < -0.3 is 4.74 Å². The van der Waals surface area contributed by atoms with E-state index in [-0.39, 0.29) is 5.78 Å². The van der Waals surface area contributed by atoms with Gasteiger partial charge in [-0.3, -0.25) is 9.59 Å². The number of allylic oxidation sites excluding steroid dienone is 2. The predicted octanol–water partition coefficient (Wildman–Crippen LogP) is 1.56. The first-order valence-corrected chi connectivity index (χ1v) is 4.31. The summed E-state index contributed by atoms with van der Waals surface area (Å²) in [4.78, 5) is 22.4. The van der Waals surface area contributed by atoms with Crippen molar-refractivity contribution in [3.8, 4) is 0 Å². The Kier molecular flexibility index (Phi) is 3.02. The van der Waals surface area contributed by atoms with Crippen molar-refractivity contribution in [3.63, 3.8) is 0 Å². The van der Waals surface area contributed by atoms with Crippen molar-refractivity contribution < 1.29 is 14.3 Å². The minimum absolute atomic E-state index is 0.227. The molecule has 3 nitrogen and oxygen atoms in total. The molecular weight excluding hydrogens is 180 g/mol. The van der Waals surface area contributed by atoms with Crippen LogP contribution in [0.1, 0.15) is 13.3 Å². The van der Waals surface area contributed by atoms with Crippen LogP contribution in [0.2, 0.25) is 0 Å². The number of ketones is 1. The summed E-state index contributed by atoms with van der Waals surface area (Å²) in [6.45, 7) is 4.82. The summed E-state index contributed by atoms with van der Waals surface area (Å²) in [5.74, 6) is -0.699. The smallest absolute Gasteiger partial charge is 0.303 e. The SMILES string of the molecule is C=CCC1(OC(C)=O)C=CC=CC1=O. The first-order chi connectivity index (χ1) is 6.60. The highest BCUT2D eigenvalue weighted by atomic mass is 16.6. The molecule has 0 aromatic carbocycles. The predicted molar refractivity (Wildman–Crippen MR) is 52.6 cm³/mol. The van der Waals surface area contributed by atoms with E-state index in [1.165, 1.54) is 13.0 Å². The van der Waals surface area contributed by atoms with Gasteiger partial charge in [0.25, 0.3) is 0 Å². The van der Waals surface area contributed by atoms with Gasteiger partial charge in [0.15, 0.2) is 5.60 Å². The number of carbonyl (C=O) groups excluding carboxylic acids is 2. The van der Waals surface area contributed by atoms with Gasteiger partial charge in [0.1, 0.15) is 0 Å². The minimum atomic E-state index is -1.16. The third kappa shape index (κ3) is 1.99. The van der Waals surface area contributed by atoms with Crippen LogP contribution in [-0.4, -0.2) is 17.4 Å². The highest BCUT2D eigenvalue weighted by Crippen LogP contribution is 2.24. The molecule has 74 valence electrons. The lowest BCUT2D eigenvalue weighted by Crippen LogP contribution is -2.40. The highest BCUT2D eigenvalue weighted by molar-refractivity contribution is 6.01. The summed E-state index contributed by atoms with van der Waals surface area (Å²) in [6, 6.07) is 0. The third-order valence-electron chi connectivity index (χ3n) is 1.91. The van der Waals surface area contributed by atoms with Crippen molar-refractivity contribution in [2.45, 2.75) is 18.9 Å². The molecule has 0 aromatic rings. The maximum Gasteiger partial charge on any atom is 0.303 e. The van der Waals surface area contributed by atoms with Crippen molar-refractivity contribution in [1.29, 1.82) is 0 Å². The van der Waals surface area contributed by atoms with E-state index in [9.17, 15) is 9.59 Å². The molecule has 14 heavy (non-hydrogen) atoms. The summed E-state index contributed by atoms with van der Waals surface area (Å²) >= 11 is 0. The van der Waals surface area contributed by atoms with Gasteiger partial charge in [-0.25, -0.2) is 0 Å². The van der Waals surface area contributed by atoms with E-state index >= 15 is 0 Å². The monoisotopic (exact) mass is 192 g/mol. The molecule has 0 heterocycles. The van der Waals surface area contributed by atoms with E-state index in [1.807, 2.05) is 0 Å². The van der Waals surface area contributed by atoms with E-state index in [0.29, 0.717) is 6.42 Å². The average molecular weight is 192 g/mol. The third-order valence-corrected chi connectivity index (χ3v) is 1.91. The second kappa shape index (κ2) is 4.05. The molecule has 1 unspecified atom stereocenters. The van der Waals surface area contributed by atoms with Gasteiger partial charge in [-0.2, -0.15) is 0 Å². The molecular formula is C11H12O3. The Balaban J connectivity index is 2.96. The topological polar surface area (TPSA) is 43.4 Å². The van der Waals surface area contributed by atoms with Crippen molar-refractivity contribution in [2.24, 2.45) is 0 Å². The van der Waals surface area contributed by atoms with Crippen LogP contribution < -0.4 is 0 Å². The lowest BCUT2D eigenvalue weighted by molar-refractivity contribution is -0.158. The molecule has 0 aromatic heterocycles. The van der Waals surface area contributed by atoms with Crippen LogP contribution in [-0.2, 0) is 14.3 Å². The lowest BCUT2D eigenvalue weighted by Gasteiger charge is -2.27. The quantitative estimate of drug-likeness (QED) is 0.503. The Morgan fingerprint density at radius 3 is 2.86 bits per heavy atom. The van der Waals surface area contributed by atoms with Gasteiger partial charge in [0.05, 0.1) is 0 Å². The van der Waals surface area contributed by atoms with Gasteiger partial charge in [0.2, 0.25) is 5.78 Å². The maximum atomic E-state index is 11.6. The molecule has 1 aliphatic rings. The van der Waals surface area contributed by atoms with Crippen molar-refractivity contribution in [2.75, 3.05) is 0 Å². The number of rotatable bonds is 3. The van der Waals surface area contributed by atoms with Gasteiger partial charge in [-0.1, -0.05) is 18.2 Å². The first-order valence-electron chi connectivity index (χ1n) is 4.31. The molecule has 0 aliphatic heterocycles. The molecule has 0 spiro atoms. The van der Waals surface area contributed by atoms with E-state index in [4.69, 9.17) is 4.74 Å². The van der Waals surface area contributed by atoms with E-state index in [0.717, 1.165) is 0 Å². The average Bonchev–Trinajstić information content (AvgIpc) is 2.09. The number of ether oxygens (including phenoxy) is 1.